The molecule has 9 heteroatoms. The summed E-state index contributed by atoms with van der Waals surface area (Å²) in [5.41, 5.74) is 0.477. The van der Waals surface area contributed by atoms with Gasteiger partial charge in [-0.05, 0) is 36.6 Å². The SMILES string of the molecule is CCOC(=O)c1sccc1NC(=O)Cn1cnc2ccc(Cl)cc2c1=O. The largest absolute Gasteiger partial charge is 0.462 e. The normalized spacial score (nSPS) is 10.7. The third-order valence-electron chi connectivity index (χ3n) is 3.50. The quantitative estimate of drug-likeness (QED) is 0.675. The summed E-state index contributed by atoms with van der Waals surface area (Å²) in [6.45, 7) is 1.70. The number of nitrogens with one attached hydrogen (secondary N) is 1. The topological polar surface area (TPSA) is 90.3 Å². The van der Waals surface area contributed by atoms with Gasteiger partial charge in [0.25, 0.3) is 5.56 Å². The van der Waals surface area contributed by atoms with E-state index in [1.807, 2.05) is 0 Å². The molecule has 0 unspecified atom stereocenters. The van der Waals surface area contributed by atoms with Crippen LogP contribution in [0.2, 0.25) is 5.02 Å². The van der Waals surface area contributed by atoms with E-state index in [1.54, 1.807) is 30.5 Å². The number of carbonyl (C=O) groups excluding carboxylic acids is 2. The Morgan fingerprint density at radius 3 is 2.92 bits per heavy atom. The lowest BCUT2D eigenvalue weighted by Crippen LogP contribution is -2.28. The summed E-state index contributed by atoms with van der Waals surface area (Å²) < 4.78 is 6.13. The molecule has 26 heavy (non-hydrogen) atoms. The Bertz CT molecular complexity index is 1040. The summed E-state index contributed by atoms with van der Waals surface area (Å²) in [4.78, 5) is 41.1. The molecule has 1 amide bonds. The fourth-order valence-corrected chi connectivity index (χ4v) is 3.26. The van der Waals surface area contributed by atoms with Crippen LogP contribution in [-0.4, -0.2) is 28.0 Å². The summed E-state index contributed by atoms with van der Waals surface area (Å²) in [7, 11) is 0. The molecule has 0 radical (unpaired) electrons. The molecule has 0 saturated carbocycles. The van der Waals surface area contributed by atoms with Crippen LogP contribution in [0.5, 0.6) is 0 Å². The predicted octanol–water partition coefficient (Wildman–Crippen LogP) is 2.93. The third kappa shape index (κ3) is 3.76. The van der Waals surface area contributed by atoms with Gasteiger partial charge in [-0.15, -0.1) is 11.3 Å². The molecule has 0 aliphatic carbocycles. The predicted molar refractivity (Wildman–Crippen MR) is 99.9 cm³/mol. The van der Waals surface area contributed by atoms with Crippen LogP contribution < -0.4 is 10.9 Å². The number of nitrogens with zero attached hydrogens (tertiary/aromatic N) is 2. The lowest BCUT2D eigenvalue weighted by molar-refractivity contribution is -0.116. The van der Waals surface area contributed by atoms with Gasteiger partial charge in [-0.25, -0.2) is 9.78 Å². The fourth-order valence-electron chi connectivity index (χ4n) is 2.35. The summed E-state index contributed by atoms with van der Waals surface area (Å²) in [6, 6.07) is 6.40. The molecule has 0 atom stereocenters. The second-order valence-corrected chi connectivity index (χ2v) is 6.62. The number of carbonyl (C=O) groups is 2. The van der Waals surface area contributed by atoms with Crippen molar-refractivity contribution < 1.29 is 14.3 Å². The number of hydrogen-bond donors (Lipinski definition) is 1. The molecule has 2 aromatic heterocycles. The molecule has 1 N–H and O–H groups in total. The monoisotopic (exact) mass is 391 g/mol. The number of hydrogen-bond acceptors (Lipinski definition) is 6. The lowest BCUT2D eigenvalue weighted by Gasteiger charge is -2.08. The highest BCUT2D eigenvalue weighted by Crippen LogP contribution is 2.23. The highest BCUT2D eigenvalue weighted by Gasteiger charge is 2.17. The molecule has 0 spiro atoms. The molecular weight excluding hydrogens is 378 g/mol. The molecular formula is C17H14ClN3O4S. The number of ether oxygens (including phenoxy) is 1. The van der Waals surface area contributed by atoms with Crippen LogP contribution in [0.25, 0.3) is 10.9 Å². The number of aromatic nitrogens is 2. The Hall–Kier alpha value is -2.71. The van der Waals surface area contributed by atoms with E-state index >= 15 is 0 Å². The minimum atomic E-state index is -0.503. The average molecular weight is 392 g/mol. The molecule has 0 saturated heterocycles. The van der Waals surface area contributed by atoms with Crippen molar-refractivity contribution in [2.24, 2.45) is 0 Å². The van der Waals surface area contributed by atoms with Gasteiger partial charge in [0, 0.05) is 5.02 Å². The first kappa shape index (κ1) is 18.1. The summed E-state index contributed by atoms with van der Waals surface area (Å²) >= 11 is 7.09. The van der Waals surface area contributed by atoms with Gasteiger partial charge >= 0.3 is 5.97 Å². The molecule has 3 aromatic rings. The maximum absolute atomic E-state index is 12.5. The first-order valence-electron chi connectivity index (χ1n) is 7.68. The van der Waals surface area contributed by atoms with E-state index in [4.69, 9.17) is 16.3 Å². The molecule has 3 rings (SSSR count). The highest BCUT2D eigenvalue weighted by molar-refractivity contribution is 7.12. The van der Waals surface area contributed by atoms with Crippen molar-refractivity contribution in [1.82, 2.24) is 9.55 Å². The number of halogens is 1. The van der Waals surface area contributed by atoms with Crippen LogP contribution >= 0.6 is 22.9 Å². The molecule has 1 aromatic carbocycles. The first-order chi connectivity index (χ1) is 12.5. The van der Waals surface area contributed by atoms with Gasteiger partial charge in [0.05, 0.1) is 29.5 Å². The van der Waals surface area contributed by atoms with E-state index in [9.17, 15) is 14.4 Å². The van der Waals surface area contributed by atoms with Gasteiger partial charge in [0.2, 0.25) is 5.91 Å². The summed E-state index contributed by atoms with van der Waals surface area (Å²) in [5, 5.41) is 5.04. The van der Waals surface area contributed by atoms with Crippen molar-refractivity contribution >= 4 is 51.4 Å². The van der Waals surface area contributed by atoms with Crippen molar-refractivity contribution in [2.75, 3.05) is 11.9 Å². The zero-order valence-electron chi connectivity index (χ0n) is 13.7. The Morgan fingerprint density at radius 2 is 2.15 bits per heavy atom. The van der Waals surface area contributed by atoms with Crippen molar-refractivity contribution in [3.63, 3.8) is 0 Å². The Kier molecular flexibility index (Phi) is 5.34. The van der Waals surface area contributed by atoms with E-state index in [2.05, 4.69) is 10.3 Å². The Morgan fingerprint density at radius 1 is 1.35 bits per heavy atom. The van der Waals surface area contributed by atoms with Crippen LogP contribution in [0.15, 0.2) is 40.8 Å². The van der Waals surface area contributed by atoms with Crippen molar-refractivity contribution in [1.29, 1.82) is 0 Å². The maximum atomic E-state index is 12.5. The maximum Gasteiger partial charge on any atom is 0.350 e. The van der Waals surface area contributed by atoms with Gasteiger partial charge in [0.15, 0.2) is 0 Å². The molecule has 0 aliphatic heterocycles. The smallest absolute Gasteiger partial charge is 0.350 e. The second-order valence-electron chi connectivity index (χ2n) is 5.27. The molecule has 0 fully saturated rings. The summed E-state index contributed by atoms with van der Waals surface area (Å²) in [6.07, 6.45) is 1.30. The zero-order valence-corrected chi connectivity index (χ0v) is 15.3. The van der Waals surface area contributed by atoms with E-state index in [-0.39, 0.29) is 18.7 Å². The summed E-state index contributed by atoms with van der Waals surface area (Å²) in [5.74, 6) is -0.962. The molecule has 2 heterocycles. The van der Waals surface area contributed by atoms with Crippen molar-refractivity contribution in [3.8, 4) is 0 Å². The molecule has 0 bridgehead atoms. The van der Waals surface area contributed by atoms with Crippen molar-refractivity contribution in [2.45, 2.75) is 13.5 Å². The first-order valence-corrected chi connectivity index (χ1v) is 8.94. The lowest BCUT2D eigenvalue weighted by atomic mass is 10.2. The van der Waals surface area contributed by atoms with E-state index in [0.717, 1.165) is 0 Å². The number of rotatable bonds is 5. The van der Waals surface area contributed by atoms with Gasteiger partial charge < -0.3 is 10.1 Å². The van der Waals surface area contributed by atoms with E-state index in [0.29, 0.717) is 26.5 Å². The minimum absolute atomic E-state index is 0.241. The minimum Gasteiger partial charge on any atom is -0.462 e. The molecule has 0 aliphatic rings. The van der Waals surface area contributed by atoms with Crippen LogP contribution in [-0.2, 0) is 16.1 Å². The number of amides is 1. The average Bonchev–Trinajstić information content (AvgIpc) is 3.06. The van der Waals surface area contributed by atoms with Gasteiger partial charge in [-0.2, -0.15) is 0 Å². The van der Waals surface area contributed by atoms with Crippen LogP contribution in [0.1, 0.15) is 16.6 Å². The second kappa shape index (κ2) is 7.67. The third-order valence-corrected chi connectivity index (χ3v) is 4.63. The fraction of sp³-hybridized carbons (Fsp3) is 0.176. The van der Waals surface area contributed by atoms with Crippen molar-refractivity contribution in [3.05, 3.63) is 56.2 Å². The number of thiophene rings is 1. The number of anilines is 1. The number of fused-ring (bicyclic) bond motifs is 1. The number of benzene rings is 1. The Balaban J connectivity index is 1.80. The Labute approximate surface area is 157 Å². The molecule has 134 valence electrons. The van der Waals surface area contributed by atoms with E-state index < -0.39 is 11.9 Å². The molecule has 7 nitrogen and oxygen atoms in total. The van der Waals surface area contributed by atoms with Gasteiger partial charge in [-0.3, -0.25) is 14.2 Å². The number of esters is 1. The standard InChI is InChI=1S/C17H14ClN3O4S/c1-2-25-17(24)15-13(5-6-26-15)20-14(22)8-21-9-19-12-4-3-10(18)7-11(12)16(21)23/h3-7,9H,2,8H2,1H3,(H,20,22). The highest BCUT2D eigenvalue weighted by atomic mass is 35.5. The van der Waals surface area contributed by atoms with Crippen LogP contribution in [0, 0.1) is 0 Å². The zero-order chi connectivity index (χ0) is 18.7. The van der Waals surface area contributed by atoms with E-state index in [1.165, 1.54) is 28.3 Å². The van der Waals surface area contributed by atoms with Gasteiger partial charge in [0.1, 0.15) is 11.4 Å². The van der Waals surface area contributed by atoms with Crippen LogP contribution in [0.4, 0.5) is 5.69 Å². The van der Waals surface area contributed by atoms with Gasteiger partial charge in [-0.1, -0.05) is 11.6 Å². The van der Waals surface area contributed by atoms with Crippen LogP contribution in [0.3, 0.4) is 0 Å².